The molecule has 1 aromatic rings. The van der Waals surface area contributed by atoms with Crippen molar-refractivity contribution in [3.63, 3.8) is 0 Å². The molecular weight excluding hydrogens is 274 g/mol. The topological polar surface area (TPSA) is 60.8 Å². The summed E-state index contributed by atoms with van der Waals surface area (Å²) in [6.07, 6.45) is -0.0974. The summed E-state index contributed by atoms with van der Waals surface area (Å²) in [5.41, 5.74) is 1.76. The first-order valence-corrected chi connectivity index (χ1v) is 8.52. The molecule has 0 bridgehead atoms. The molecule has 4 nitrogen and oxygen atoms in total. The van der Waals surface area contributed by atoms with Gasteiger partial charge in [-0.3, -0.25) is 0 Å². The average Bonchev–Trinajstić information content (AvgIpc) is 3.09. The first-order valence-electron chi connectivity index (χ1n) is 6.79. The molecule has 1 aliphatic heterocycles. The molecule has 2 rings (SSSR count). The second kappa shape index (κ2) is 5.39. The predicted octanol–water partition coefficient (Wildman–Crippen LogP) is 3.72. The zero-order chi connectivity index (χ0) is 15.0. The van der Waals surface area contributed by atoms with Crippen LogP contribution >= 0.6 is 10.5 Å². The SMILES string of the molecule is CC(C)OC(=O)c1ccc(C[S@]2(C(C)(C)C)NO2)cc1. The van der Waals surface area contributed by atoms with Crippen LogP contribution < -0.4 is 4.89 Å². The van der Waals surface area contributed by atoms with Crippen molar-refractivity contribution < 1.29 is 13.8 Å². The van der Waals surface area contributed by atoms with E-state index in [1.165, 1.54) is 5.56 Å². The van der Waals surface area contributed by atoms with Gasteiger partial charge >= 0.3 is 5.97 Å². The Morgan fingerprint density at radius 2 is 1.85 bits per heavy atom. The fourth-order valence-electron chi connectivity index (χ4n) is 1.82. The molecule has 112 valence electrons. The van der Waals surface area contributed by atoms with Gasteiger partial charge in [0, 0.05) is 10.5 Å². The number of ether oxygens (including phenoxy) is 1. The Labute approximate surface area is 122 Å². The Balaban J connectivity index is 2.04. The van der Waals surface area contributed by atoms with E-state index in [-0.39, 0.29) is 16.8 Å². The average molecular weight is 297 g/mol. The molecule has 0 amide bonds. The highest BCUT2D eigenvalue weighted by Gasteiger charge is 2.49. The van der Waals surface area contributed by atoms with E-state index >= 15 is 0 Å². The van der Waals surface area contributed by atoms with Crippen LogP contribution in [0, 0.1) is 0 Å². The summed E-state index contributed by atoms with van der Waals surface area (Å²) in [4.78, 5) is 14.9. The molecular formula is C15H23NO3S. The summed E-state index contributed by atoms with van der Waals surface area (Å²) >= 11 is 0. The zero-order valence-electron chi connectivity index (χ0n) is 12.7. The van der Waals surface area contributed by atoms with Crippen molar-refractivity contribution in [1.29, 1.82) is 0 Å². The Hall–Kier alpha value is -1.04. The van der Waals surface area contributed by atoms with Crippen molar-refractivity contribution in [2.45, 2.75) is 51.2 Å². The number of carbonyl (C=O) groups is 1. The van der Waals surface area contributed by atoms with Crippen LogP contribution in [-0.2, 0) is 14.8 Å². The maximum absolute atomic E-state index is 11.8. The molecule has 1 aliphatic rings. The molecule has 0 unspecified atom stereocenters. The van der Waals surface area contributed by atoms with Gasteiger partial charge in [0.1, 0.15) is 0 Å². The number of carbonyl (C=O) groups excluding carboxylic acids is 1. The number of hydrogen-bond acceptors (Lipinski definition) is 4. The van der Waals surface area contributed by atoms with E-state index < -0.39 is 10.5 Å². The van der Waals surface area contributed by atoms with Crippen molar-refractivity contribution in [2.24, 2.45) is 0 Å². The van der Waals surface area contributed by atoms with E-state index in [4.69, 9.17) is 9.02 Å². The molecule has 0 radical (unpaired) electrons. The third-order valence-electron chi connectivity index (χ3n) is 3.18. The summed E-state index contributed by atoms with van der Waals surface area (Å²) < 4.78 is 10.8. The van der Waals surface area contributed by atoms with Crippen LogP contribution in [0.15, 0.2) is 24.3 Å². The summed E-state index contributed by atoms with van der Waals surface area (Å²) in [5.74, 6) is 0.584. The van der Waals surface area contributed by atoms with E-state index in [9.17, 15) is 4.79 Å². The lowest BCUT2D eigenvalue weighted by Crippen LogP contribution is -2.19. The van der Waals surface area contributed by atoms with Crippen LogP contribution in [0.1, 0.15) is 50.5 Å². The fourth-order valence-corrected chi connectivity index (χ4v) is 3.86. The minimum atomic E-state index is -1.22. The Morgan fingerprint density at radius 1 is 1.30 bits per heavy atom. The molecule has 1 fully saturated rings. The predicted molar refractivity (Wildman–Crippen MR) is 82.3 cm³/mol. The van der Waals surface area contributed by atoms with Crippen LogP contribution in [-0.4, -0.2) is 16.8 Å². The van der Waals surface area contributed by atoms with Crippen LogP contribution in [0.3, 0.4) is 0 Å². The van der Waals surface area contributed by atoms with Crippen molar-refractivity contribution in [3.05, 3.63) is 35.4 Å². The third kappa shape index (κ3) is 3.34. The molecule has 0 saturated carbocycles. The van der Waals surface area contributed by atoms with Gasteiger partial charge in [0.25, 0.3) is 0 Å². The van der Waals surface area contributed by atoms with Crippen molar-refractivity contribution >= 4 is 16.5 Å². The van der Waals surface area contributed by atoms with E-state index in [2.05, 4.69) is 25.7 Å². The van der Waals surface area contributed by atoms with Gasteiger partial charge in [0.2, 0.25) is 0 Å². The number of hydrogen-bond donors (Lipinski definition) is 1. The van der Waals surface area contributed by atoms with Gasteiger partial charge in [-0.1, -0.05) is 12.1 Å². The molecule has 5 heteroatoms. The van der Waals surface area contributed by atoms with Crippen LogP contribution in [0.2, 0.25) is 0 Å². The minimum absolute atomic E-state index is 0.0974. The second-order valence-corrected chi connectivity index (χ2v) is 9.45. The second-order valence-electron chi connectivity index (χ2n) is 6.25. The zero-order valence-corrected chi connectivity index (χ0v) is 13.5. The van der Waals surface area contributed by atoms with Crippen LogP contribution in [0.25, 0.3) is 0 Å². The Bertz CT molecular complexity index is 487. The van der Waals surface area contributed by atoms with E-state index in [1.807, 2.05) is 38.1 Å². The monoisotopic (exact) mass is 297 g/mol. The molecule has 1 heterocycles. The van der Waals surface area contributed by atoms with E-state index in [0.717, 1.165) is 5.75 Å². The van der Waals surface area contributed by atoms with Crippen molar-refractivity contribution in [1.82, 2.24) is 4.89 Å². The first-order chi connectivity index (χ1) is 9.23. The largest absolute Gasteiger partial charge is 0.459 e. The van der Waals surface area contributed by atoms with Gasteiger partial charge < -0.3 is 4.74 Å². The molecule has 20 heavy (non-hydrogen) atoms. The Morgan fingerprint density at radius 3 is 2.25 bits per heavy atom. The summed E-state index contributed by atoms with van der Waals surface area (Å²) in [7, 11) is -1.22. The summed E-state index contributed by atoms with van der Waals surface area (Å²) in [6.45, 7) is 10.2. The van der Waals surface area contributed by atoms with Gasteiger partial charge in [-0.2, -0.15) is 0 Å². The lowest BCUT2D eigenvalue weighted by atomic mass is 10.1. The number of esters is 1. The van der Waals surface area contributed by atoms with Gasteiger partial charge in [-0.25, -0.2) is 9.08 Å². The van der Waals surface area contributed by atoms with E-state index in [1.54, 1.807) is 0 Å². The van der Waals surface area contributed by atoms with E-state index in [0.29, 0.717) is 5.56 Å². The highest BCUT2D eigenvalue weighted by molar-refractivity contribution is 8.32. The fraction of sp³-hybridized carbons (Fsp3) is 0.533. The van der Waals surface area contributed by atoms with Gasteiger partial charge in [0.05, 0.1) is 11.7 Å². The Kier molecular flexibility index (Phi) is 4.14. The summed E-state index contributed by atoms with van der Waals surface area (Å²) in [6, 6.07) is 7.58. The normalized spacial score (nSPS) is 21.9. The number of rotatable bonds is 4. The first kappa shape index (κ1) is 15.4. The molecule has 1 N–H and O–H groups in total. The number of nitrogens with one attached hydrogen (secondary N) is 1. The molecule has 0 aliphatic carbocycles. The smallest absolute Gasteiger partial charge is 0.338 e. The van der Waals surface area contributed by atoms with Crippen molar-refractivity contribution in [2.75, 3.05) is 0 Å². The standard InChI is InChI=1S/C15H23NO3S/c1-11(2)18-14(17)13-8-6-12(7-9-13)10-20(16-19-20)15(3,4)5/h6-9,11,16H,10H2,1-5H3. The van der Waals surface area contributed by atoms with Gasteiger partial charge in [-0.05, 0) is 62.8 Å². The molecule has 1 saturated heterocycles. The van der Waals surface area contributed by atoms with Gasteiger partial charge in [0.15, 0.2) is 0 Å². The highest BCUT2D eigenvalue weighted by Crippen LogP contribution is 2.68. The maximum atomic E-state index is 11.8. The molecule has 1 atom stereocenters. The maximum Gasteiger partial charge on any atom is 0.338 e. The van der Waals surface area contributed by atoms with Crippen LogP contribution in [0.4, 0.5) is 0 Å². The minimum Gasteiger partial charge on any atom is -0.459 e. The highest BCUT2D eigenvalue weighted by atomic mass is 32.3. The third-order valence-corrected chi connectivity index (χ3v) is 6.46. The number of benzene rings is 1. The molecule has 0 aromatic heterocycles. The lowest BCUT2D eigenvalue weighted by molar-refractivity contribution is 0.0378. The quantitative estimate of drug-likeness (QED) is 0.679. The van der Waals surface area contributed by atoms with Gasteiger partial charge in [-0.15, -0.1) is 4.89 Å². The van der Waals surface area contributed by atoms with Crippen molar-refractivity contribution in [3.8, 4) is 0 Å². The summed E-state index contributed by atoms with van der Waals surface area (Å²) in [5, 5.41) is 0. The molecule has 1 aromatic carbocycles. The lowest BCUT2D eigenvalue weighted by Gasteiger charge is -2.29. The molecule has 0 spiro atoms. The van der Waals surface area contributed by atoms with Crippen LogP contribution in [0.5, 0.6) is 0 Å².